The number of nitrogens with one attached hydrogen (secondary N) is 2. The average molecular weight is 414 g/mol. The molecule has 152 valence electrons. The maximum Gasteiger partial charge on any atom is 0.315 e. The molecule has 0 saturated heterocycles. The Morgan fingerprint density at radius 3 is 2.59 bits per heavy atom. The van der Waals surface area contributed by atoms with Crippen molar-refractivity contribution >= 4 is 16.1 Å². The summed E-state index contributed by atoms with van der Waals surface area (Å²) in [4.78, 5) is 12.3. The fourth-order valence-electron chi connectivity index (χ4n) is 2.92. The third-order valence-electron chi connectivity index (χ3n) is 4.48. The molecule has 3 rings (SSSR count). The smallest absolute Gasteiger partial charge is 0.315 e. The number of carbonyl (C=O) groups is 1. The first-order valence-electron chi connectivity index (χ1n) is 9.04. The molecule has 9 heteroatoms. The van der Waals surface area contributed by atoms with E-state index < -0.39 is 16.1 Å². The Labute approximate surface area is 169 Å². The summed E-state index contributed by atoms with van der Waals surface area (Å²) >= 11 is 0. The van der Waals surface area contributed by atoms with Gasteiger partial charge >= 0.3 is 6.03 Å². The quantitative estimate of drug-likeness (QED) is 0.550. The van der Waals surface area contributed by atoms with Gasteiger partial charge in [-0.3, -0.25) is 4.68 Å². The average Bonchev–Trinajstić information content (AvgIpc) is 3.20. The van der Waals surface area contributed by atoms with Crippen LogP contribution in [0.5, 0.6) is 0 Å². The second-order valence-corrected chi connectivity index (χ2v) is 8.20. The van der Waals surface area contributed by atoms with Crippen molar-refractivity contribution < 1.29 is 13.2 Å². The lowest BCUT2D eigenvalue weighted by Gasteiger charge is -2.16. The van der Waals surface area contributed by atoms with Gasteiger partial charge in [0.05, 0.1) is 17.5 Å². The predicted molar refractivity (Wildman–Crippen MR) is 109 cm³/mol. The number of hydrogen-bond acceptors (Lipinski definition) is 4. The van der Waals surface area contributed by atoms with Gasteiger partial charge in [0.2, 0.25) is 10.0 Å². The first kappa shape index (κ1) is 20.6. The van der Waals surface area contributed by atoms with Crippen LogP contribution in [0.15, 0.2) is 71.9 Å². The maximum atomic E-state index is 12.3. The standard InChI is InChI=1S/C20H23N5O3S/c1-15(16-8-4-9-19(12-16)29(21,27)28)24-20(26)22-13-17-6-2-3-7-18(17)14-25-11-5-10-23-25/h2-12,15H,13-14H2,1H3,(H2,21,27,28)(H2,22,24,26). The molecule has 0 aliphatic heterocycles. The number of hydrogen-bond donors (Lipinski definition) is 3. The van der Waals surface area contributed by atoms with Gasteiger partial charge in [0.15, 0.2) is 0 Å². The Kier molecular flexibility index (Phi) is 6.30. The summed E-state index contributed by atoms with van der Waals surface area (Å²) in [5.74, 6) is 0. The van der Waals surface area contributed by atoms with Crippen LogP contribution in [-0.4, -0.2) is 24.2 Å². The van der Waals surface area contributed by atoms with Gasteiger partial charge in [-0.15, -0.1) is 0 Å². The van der Waals surface area contributed by atoms with Gasteiger partial charge in [-0.05, 0) is 41.8 Å². The van der Waals surface area contributed by atoms with Crippen molar-refractivity contribution in [3.63, 3.8) is 0 Å². The number of primary sulfonamides is 1. The highest BCUT2D eigenvalue weighted by molar-refractivity contribution is 7.89. The molecule has 0 aliphatic rings. The van der Waals surface area contributed by atoms with E-state index in [1.807, 2.05) is 41.2 Å². The molecule has 1 aromatic heterocycles. The monoisotopic (exact) mass is 413 g/mol. The number of benzene rings is 2. The molecule has 2 amide bonds. The van der Waals surface area contributed by atoms with Gasteiger partial charge in [0.1, 0.15) is 0 Å². The summed E-state index contributed by atoms with van der Waals surface area (Å²) in [6.07, 6.45) is 3.61. The van der Waals surface area contributed by atoms with E-state index in [1.165, 1.54) is 12.1 Å². The van der Waals surface area contributed by atoms with E-state index in [4.69, 9.17) is 5.14 Å². The van der Waals surface area contributed by atoms with Crippen molar-refractivity contribution in [3.05, 3.63) is 83.7 Å². The lowest BCUT2D eigenvalue weighted by Crippen LogP contribution is -2.36. The van der Waals surface area contributed by atoms with Gasteiger partial charge in [-0.1, -0.05) is 36.4 Å². The number of urea groups is 1. The Balaban J connectivity index is 1.61. The summed E-state index contributed by atoms with van der Waals surface area (Å²) in [5, 5.41) is 15.0. The molecule has 4 N–H and O–H groups in total. The number of sulfonamides is 1. The summed E-state index contributed by atoms with van der Waals surface area (Å²) < 4.78 is 24.8. The van der Waals surface area contributed by atoms with Crippen LogP contribution in [0.25, 0.3) is 0 Å². The number of aromatic nitrogens is 2. The Morgan fingerprint density at radius 1 is 1.14 bits per heavy atom. The molecule has 1 atom stereocenters. The minimum atomic E-state index is -3.80. The first-order valence-corrected chi connectivity index (χ1v) is 10.6. The second kappa shape index (κ2) is 8.89. The van der Waals surface area contributed by atoms with Crippen molar-refractivity contribution in [2.75, 3.05) is 0 Å². The lowest BCUT2D eigenvalue weighted by atomic mass is 10.1. The van der Waals surface area contributed by atoms with Crippen molar-refractivity contribution in [1.29, 1.82) is 0 Å². The molecule has 1 heterocycles. The Bertz CT molecular complexity index is 1080. The third-order valence-corrected chi connectivity index (χ3v) is 5.39. The third kappa shape index (κ3) is 5.66. The molecule has 3 aromatic rings. The molecule has 29 heavy (non-hydrogen) atoms. The van der Waals surface area contributed by atoms with Crippen molar-refractivity contribution in [2.45, 2.75) is 31.0 Å². The van der Waals surface area contributed by atoms with Crippen molar-refractivity contribution in [3.8, 4) is 0 Å². The van der Waals surface area contributed by atoms with Crippen LogP contribution in [0.3, 0.4) is 0 Å². The van der Waals surface area contributed by atoms with E-state index in [1.54, 1.807) is 25.3 Å². The van der Waals surface area contributed by atoms with Crippen LogP contribution in [0.2, 0.25) is 0 Å². The minimum absolute atomic E-state index is 0.0107. The summed E-state index contributed by atoms with van der Waals surface area (Å²) in [7, 11) is -3.80. The molecule has 0 aliphatic carbocycles. The molecule has 0 bridgehead atoms. The van der Waals surface area contributed by atoms with Crippen LogP contribution in [0.4, 0.5) is 4.79 Å². The van der Waals surface area contributed by atoms with Gasteiger partial charge in [-0.25, -0.2) is 18.4 Å². The molecular weight excluding hydrogens is 390 g/mol. The van der Waals surface area contributed by atoms with E-state index in [-0.39, 0.29) is 10.9 Å². The second-order valence-electron chi connectivity index (χ2n) is 6.64. The zero-order valence-electron chi connectivity index (χ0n) is 15.9. The highest BCUT2D eigenvalue weighted by atomic mass is 32.2. The summed E-state index contributed by atoms with van der Waals surface area (Å²) in [6.45, 7) is 2.74. The molecule has 0 spiro atoms. The molecule has 0 saturated carbocycles. The highest BCUT2D eigenvalue weighted by Gasteiger charge is 2.14. The first-order chi connectivity index (χ1) is 13.8. The van der Waals surface area contributed by atoms with Crippen LogP contribution >= 0.6 is 0 Å². The van der Waals surface area contributed by atoms with E-state index in [9.17, 15) is 13.2 Å². The predicted octanol–water partition coefficient (Wildman–Crippen LogP) is 2.14. The fraction of sp³-hybridized carbons (Fsp3) is 0.200. The normalized spacial score (nSPS) is 12.3. The van der Waals surface area contributed by atoms with E-state index in [0.717, 1.165) is 11.1 Å². The molecule has 0 fully saturated rings. The molecule has 8 nitrogen and oxygen atoms in total. The van der Waals surface area contributed by atoms with Crippen LogP contribution < -0.4 is 15.8 Å². The number of rotatable bonds is 7. The van der Waals surface area contributed by atoms with Gasteiger partial charge < -0.3 is 10.6 Å². The summed E-state index contributed by atoms with van der Waals surface area (Å²) in [6, 6.07) is 15.1. The minimum Gasteiger partial charge on any atom is -0.334 e. The number of carbonyl (C=O) groups excluding carboxylic acids is 1. The van der Waals surface area contributed by atoms with Crippen molar-refractivity contribution in [1.82, 2.24) is 20.4 Å². The molecule has 1 unspecified atom stereocenters. The van der Waals surface area contributed by atoms with Gasteiger partial charge in [0.25, 0.3) is 0 Å². The molecule has 2 aromatic carbocycles. The Hall–Kier alpha value is -3.17. The lowest BCUT2D eigenvalue weighted by molar-refractivity contribution is 0.237. The highest BCUT2D eigenvalue weighted by Crippen LogP contribution is 2.16. The molecule has 0 radical (unpaired) electrons. The zero-order chi connectivity index (χ0) is 20.9. The number of nitrogens with zero attached hydrogens (tertiary/aromatic N) is 2. The van der Waals surface area contributed by atoms with Crippen LogP contribution in [0.1, 0.15) is 29.7 Å². The maximum absolute atomic E-state index is 12.3. The van der Waals surface area contributed by atoms with Crippen LogP contribution in [-0.2, 0) is 23.1 Å². The largest absolute Gasteiger partial charge is 0.334 e. The van der Waals surface area contributed by atoms with E-state index in [0.29, 0.717) is 18.7 Å². The molecular formula is C20H23N5O3S. The van der Waals surface area contributed by atoms with Gasteiger partial charge in [-0.2, -0.15) is 5.10 Å². The topological polar surface area (TPSA) is 119 Å². The van der Waals surface area contributed by atoms with Crippen LogP contribution in [0, 0.1) is 0 Å². The fourth-order valence-corrected chi connectivity index (χ4v) is 3.49. The Morgan fingerprint density at radius 2 is 1.90 bits per heavy atom. The van der Waals surface area contributed by atoms with E-state index >= 15 is 0 Å². The number of nitrogens with two attached hydrogens (primary N) is 1. The van der Waals surface area contributed by atoms with Crippen molar-refractivity contribution in [2.24, 2.45) is 5.14 Å². The number of amides is 2. The van der Waals surface area contributed by atoms with Gasteiger partial charge in [0, 0.05) is 18.9 Å². The zero-order valence-corrected chi connectivity index (χ0v) is 16.8. The van der Waals surface area contributed by atoms with E-state index in [2.05, 4.69) is 15.7 Å². The summed E-state index contributed by atoms with van der Waals surface area (Å²) in [5.41, 5.74) is 2.69. The SMILES string of the molecule is CC(NC(=O)NCc1ccccc1Cn1cccn1)c1cccc(S(N)(=O)=O)c1.